The van der Waals surface area contributed by atoms with E-state index < -0.39 is 35.3 Å². The summed E-state index contributed by atoms with van der Waals surface area (Å²) in [6.45, 7) is 11.7. The van der Waals surface area contributed by atoms with Crippen LogP contribution in [-0.4, -0.2) is 72.4 Å². The largest absolute Gasteiger partial charge is 0.465 e. The average molecular weight is 529 g/mol. The second kappa shape index (κ2) is 13.4. The normalized spacial score (nSPS) is 12.0. The molecule has 0 unspecified atom stereocenters. The smallest absolute Gasteiger partial charge is 0.411 e. The predicted molar refractivity (Wildman–Crippen MR) is 140 cm³/mol. The maximum atomic E-state index is 12.2. The van der Waals surface area contributed by atoms with E-state index in [-0.39, 0.29) is 24.2 Å². The molecule has 0 spiro atoms. The van der Waals surface area contributed by atoms with Gasteiger partial charge in [0.1, 0.15) is 11.2 Å². The number of esters is 2. The van der Waals surface area contributed by atoms with Crippen molar-refractivity contribution in [2.24, 2.45) is 0 Å². The van der Waals surface area contributed by atoms with E-state index in [1.807, 2.05) is 0 Å². The van der Waals surface area contributed by atoms with E-state index in [0.29, 0.717) is 13.1 Å². The molecular weight excluding hydrogens is 492 g/mol. The molecule has 0 radical (unpaired) electrons. The molecule has 2 amide bonds. The highest BCUT2D eigenvalue weighted by Crippen LogP contribution is 2.28. The lowest BCUT2D eigenvalue weighted by Gasteiger charge is -2.24. The van der Waals surface area contributed by atoms with Crippen molar-refractivity contribution in [3.8, 4) is 24.7 Å². The minimum atomic E-state index is -0.631. The monoisotopic (exact) mass is 528 g/mol. The number of amides is 2. The molecule has 0 saturated carbocycles. The highest BCUT2D eigenvalue weighted by molar-refractivity contribution is 6.03. The van der Waals surface area contributed by atoms with Gasteiger partial charge in [0.15, 0.2) is 0 Å². The van der Waals surface area contributed by atoms with Crippen LogP contribution in [0.1, 0.15) is 73.4 Å². The number of carbonyl (C=O) groups excluding carboxylic acids is 4. The fourth-order valence-corrected chi connectivity index (χ4v) is 3.20. The number of fused-ring (bicyclic) bond motifs is 1. The van der Waals surface area contributed by atoms with E-state index in [2.05, 4.69) is 11.8 Å². The summed E-state index contributed by atoms with van der Waals surface area (Å²) in [5, 5.41) is 0. The Hall–Kier alpha value is -4.18. The van der Waals surface area contributed by atoms with Crippen LogP contribution in [0, 0.1) is 24.7 Å². The molecule has 0 aliphatic carbocycles. The van der Waals surface area contributed by atoms with Crippen molar-refractivity contribution in [3.63, 3.8) is 0 Å². The number of terminal acetylenes is 2. The van der Waals surface area contributed by atoms with Crippen molar-refractivity contribution in [1.82, 2.24) is 9.80 Å². The van der Waals surface area contributed by atoms with Crippen LogP contribution in [0.25, 0.3) is 0 Å². The summed E-state index contributed by atoms with van der Waals surface area (Å²) in [6.07, 6.45) is 9.26. The van der Waals surface area contributed by atoms with Crippen LogP contribution in [0.2, 0.25) is 0 Å². The van der Waals surface area contributed by atoms with Gasteiger partial charge < -0.3 is 18.9 Å². The van der Waals surface area contributed by atoms with Crippen molar-refractivity contribution >= 4 is 24.1 Å². The molecule has 1 aliphatic rings. The molecule has 206 valence electrons. The van der Waals surface area contributed by atoms with E-state index in [1.165, 1.54) is 24.0 Å². The SMILES string of the molecule is C#CCN(CC#C)C(=O)OC(C)(C)C.COC(=O)c1cc2c(cc1C(=O)OC)CN(C(=O)OC(C)(C)C)C2. The van der Waals surface area contributed by atoms with Gasteiger partial charge in [-0.05, 0) is 64.8 Å². The summed E-state index contributed by atoms with van der Waals surface area (Å²) >= 11 is 0. The standard InChI is InChI=1S/C17H21NO6.C11H15NO2/c1-17(2,3)24-16(21)18-8-10-6-12(14(19)22-4)13(15(20)23-5)7-11(10)9-18;1-6-8-12(9-7-2)10(13)14-11(3,4)5/h6-7H,8-9H2,1-5H3;1-2H,8-9H2,3-5H3. The summed E-state index contributed by atoms with van der Waals surface area (Å²) < 4.78 is 19.9. The highest BCUT2D eigenvalue weighted by atomic mass is 16.6. The van der Waals surface area contributed by atoms with Gasteiger partial charge in [-0.3, -0.25) is 9.80 Å². The molecule has 0 N–H and O–H groups in total. The fraction of sp³-hybridized carbons (Fsp3) is 0.500. The van der Waals surface area contributed by atoms with E-state index in [1.54, 1.807) is 53.7 Å². The van der Waals surface area contributed by atoms with Crippen molar-refractivity contribution in [3.05, 3.63) is 34.4 Å². The quantitative estimate of drug-likeness (QED) is 0.328. The van der Waals surface area contributed by atoms with E-state index >= 15 is 0 Å². The van der Waals surface area contributed by atoms with Crippen LogP contribution >= 0.6 is 0 Å². The Morgan fingerprint density at radius 1 is 0.816 bits per heavy atom. The maximum absolute atomic E-state index is 12.2. The average Bonchev–Trinajstić information content (AvgIpc) is 3.24. The van der Waals surface area contributed by atoms with Crippen molar-refractivity contribution in [1.29, 1.82) is 0 Å². The minimum Gasteiger partial charge on any atom is -0.465 e. The van der Waals surface area contributed by atoms with Crippen LogP contribution in [-0.2, 0) is 32.0 Å². The second-order valence-corrected chi connectivity index (χ2v) is 10.2. The summed E-state index contributed by atoms with van der Waals surface area (Å²) in [5.41, 5.74) is 0.657. The molecule has 1 aromatic carbocycles. The lowest BCUT2D eigenvalue weighted by atomic mass is 10.00. The van der Waals surface area contributed by atoms with Crippen LogP contribution in [0.3, 0.4) is 0 Å². The third-order valence-electron chi connectivity index (χ3n) is 4.74. The number of rotatable bonds is 4. The topological polar surface area (TPSA) is 112 Å². The first-order chi connectivity index (χ1) is 17.6. The van der Waals surface area contributed by atoms with Gasteiger partial charge in [-0.1, -0.05) is 11.8 Å². The minimum absolute atomic E-state index is 0.120. The number of benzene rings is 1. The maximum Gasteiger partial charge on any atom is 0.411 e. The molecule has 1 heterocycles. The highest BCUT2D eigenvalue weighted by Gasteiger charge is 2.31. The van der Waals surface area contributed by atoms with Gasteiger partial charge in [0.05, 0.1) is 38.4 Å². The third kappa shape index (κ3) is 9.70. The molecule has 38 heavy (non-hydrogen) atoms. The van der Waals surface area contributed by atoms with Gasteiger partial charge in [-0.2, -0.15) is 0 Å². The Kier molecular flexibility index (Phi) is 11.2. The zero-order chi connectivity index (χ0) is 29.3. The summed E-state index contributed by atoms with van der Waals surface area (Å²) in [4.78, 5) is 50.3. The van der Waals surface area contributed by atoms with E-state index in [0.717, 1.165) is 11.1 Å². The van der Waals surface area contributed by atoms with Crippen LogP contribution in [0.5, 0.6) is 0 Å². The van der Waals surface area contributed by atoms with Gasteiger partial charge in [-0.25, -0.2) is 19.2 Å². The summed E-state index contributed by atoms with van der Waals surface area (Å²) in [7, 11) is 2.48. The number of hydrogen-bond donors (Lipinski definition) is 0. The van der Waals surface area contributed by atoms with Crippen molar-refractivity contribution in [2.75, 3.05) is 27.3 Å². The van der Waals surface area contributed by atoms with Gasteiger partial charge in [0.25, 0.3) is 0 Å². The predicted octanol–water partition coefficient (Wildman–Crippen LogP) is 4.00. The van der Waals surface area contributed by atoms with Gasteiger partial charge in [0, 0.05) is 13.1 Å². The number of nitrogens with zero attached hydrogens (tertiary/aromatic N) is 2. The number of carbonyl (C=O) groups is 4. The summed E-state index contributed by atoms with van der Waals surface area (Å²) in [6, 6.07) is 3.13. The molecule has 1 aromatic rings. The Morgan fingerprint density at radius 3 is 1.53 bits per heavy atom. The summed E-state index contributed by atoms with van der Waals surface area (Å²) in [5.74, 6) is 3.44. The van der Waals surface area contributed by atoms with Crippen molar-refractivity contribution in [2.45, 2.75) is 65.8 Å². The Bertz CT molecular complexity index is 1070. The lowest BCUT2D eigenvalue weighted by Crippen LogP contribution is -2.37. The number of ether oxygens (including phenoxy) is 4. The first-order valence-electron chi connectivity index (χ1n) is 11.7. The molecule has 1 aliphatic heterocycles. The molecule has 0 aromatic heterocycles. The van der Waals surface area contributed by atoms with Gasteiger partial charge in [-0.15, -0.1) is 12.8 Å². The molecule has 10 nitrogen and oxygen atoms in total. The Morgan fingerprint density at radius 2 is 1.21 bits per heavy atom. The molecule has 0 bridgehead atoms. The molecule has 10 heteroatoms. The van der Waals surface area contributed by atoms with Crippen molar-refractivity contribution < 1.29 is 38.1 Å². The third-order valence-corrected chi connectivity index (χ3v) is 4.74. The molecular formula is C28H36N2O8. The molecule has 0 saturated heterocycles. The zero-order valence-electron chi connectivity index (χ0n) is 23.3. The Labute approximate surface area is 224 Å². The lowest BCUT2D eigenvalue weighted by molar-refractivity contribution is 0.0240. The van der Waals surface area contributed by atoms with Crippen LogP contribution in [0.4, 0.5) is 9.59 Å². The number of hydrogen-bond acceptors (Lipinski definition) is 8. The Balaban J connectivity index is 0.000000442. The van der Waals surface area contributed by atoms with Gasteiger partial charge >= 0.3 is 24.1 Å². The van der Waals surface area contributed by atoms with Crippen LogP contribution < -0.4 is 0 Å². The first-order valence-corrected chi connectivity index (χ1v) is 11.7. The molecule has 0 atom stereocenters. The zero-order valence-corrected chi connectivity index (χ0v) is 23.3. The van der Waals surface area contributed by atoms with Gasteiger partial charge in [0.2, 0.25) is 0 Å². The first kappa shape index (κ1) is 31.8. The second-order valence-electron chi connectivity index (χ2n) is 10.2. The molecule has 2 rings (SSSR count). The fourth-order valence-electron chi connectivity index (χ4n) is 3.20. The molecule has 0 fully saturated rings. The van der Waals surface area contributed by atoms with Crippen LogP contribution in [0.15, 0.2) is 12.1 Å². The number of methoxy groups -OCH3 is 2. The van der Waals surface area contributed by atoms with E-state index in [4.69, 9.17) is 31.8 Å². The van der Waals surface area contributed by atoms with E-state index in [9.17, 15) is 19.2 Å².